The Kier molecular flexibility index (Phi) is 8.50. The molecule has 1 atom stereocenters. The maximum Gasteiger partial charge on any atom is 0.187 e. The second-order valence-corrected chi connectivity index (χ2v) is 9.80. The molecular formula is C27H29N6O3P. The monoisotopic (exact) mass is 516 g/mol. The lowest BCUT2D eigenvalue weighted by Crippen LogP contribution is -2.20. The lowest BCUT2D eigenvalue weighted by Gasteiger charge is -2.20. The average molecular weight is 517 g/mol. The molecule has 0 saturated carbocycles. The lowest BCUT2D eigenvalue weighted by molar-refractivity contribution is 0.126. The van der Waals surface area contributed by atoms with Gasteiger partial charge in [0.15, 0.2) is 19.8 Å². The molecule has 0 bridgehead atoms. The molecule has 0 spiro atoms. The molecule has 0 saturated heterocycles. The van der Waals surface area contributed by atoms with Crippen LogP contribution in [0.2, 0.25) is 0 Å². The Balaban J connectivity index is 1.10. The van der Waals surface area contributed by atoms with Crippen LogP contribution < -0.4 is 15.3 Å². The summed E-state index contributed by atoms with van der Waals surface area (Å²) < 4.78 is 20.0. The molecule has 5 rings (SSSR count). The van der Waals surface area contributed by atoms with Gasteiger partial charge >= 0.3 is 0 Å². The van der Waals surface area contributed by atoms with Crippen molar-refractivity contribution < 1.29 is 14.0 Å². The predicted octanol–water partition coefficient (Wildman–Crippen LogP) is 4.73. The van der Waals surface area contributed by atoms with Gasteiger partial charge in [-0.05, 0) is 28.5 Å². The third kappa shape index (κ3) is 6.58. The van der Waals surface area contributed by atoms with E-state index >= 15 is 0 Å². The number of imidazole rings is 1. The minimum Gasteiger partial charge on any atom is -0.456 e. The topological polar surface area (TPSA) is 109 Å². The first-order chi connectivity index (χ1) is 18.3. The Hall–Kier alpha value is -3.62. The number of hydrogen-bond donors (Lipinski definition) is 2. The summed E-state index contributed by atoms with van der Waals surface area (Å²) in [5.41, 5.74) is 8.35. The van der Waals surface area contributed by atoms with E-state index in [4.69, 9.17) is 19.7 Å². The number of aromatic nitrogens is 4. The number of rotatable bonds is 13. The smallest absolute Gasteiger partial charge is 0.187 e. The molecule has 1 unspecified atom stereocenters. The zero-order chi connectivity index (χ0) is 25.3. The summed E-state index contributed by atoms with van der Waals surface area (Å²) in [4.78, 5) is 12.5. The fraction of sp³-hybridized carbons (Fsp3) is 0.222. The fourth-order valence-corrected chi connectivity index (χ4v) is 5.15. The molecule has 5 aromatic rings. The van der Waals surface area contributed by atoms with Gasteiger partial charge in [-0.25, -0.2) is 15.0 Å². The second-order valence-electron chi connectivity index (χ2n) is 8.29. The van der Waals surface area contributed by atoms with Gasteiger partial charge in [-0.3, -0.25) is 5.09 Å². The first-order valence-electron chi connectivity index (χ1n) is 12.1. The number of nitrogens with zero attached hydrogens (tertiary/aromatic N) is 4. The van der Waals surface area contributed by atoms with Crippen LogP contribution in [-0.4, -0.2) is 45.6 Å². The molecule has 0 aliphatic rings. The van der Waals surface area contributed by atoms with Gasteiger partial charge in [-0.2, -0.15) is 0 Å². The number of ether oxygens (including phenoxy) is 2. The lowest BCUT2D eigenvalue weighted by atomic mass is 10.1. The fourth-order valence-electron chi connectivity index (χ4n) is 3.93. The molecule has 0 fully saturated rings. The average Bonchev–Trinajstić information content (AvgIpc) is 3.35. The van der Waals surface area contributed by atoms with Crippen molar-refractivity contribution in [3.63, 3.8) is 0 Å². The van der Waals surface area contributed by atoms with Gasteiger partial charge in [0.05, 0.1) is 26.1 Å². The molecule has 0 aliphatic heterocycles. The molecule has 190 valence electrons. The van der Waals surface area contributed by atoms with E-state index in [2.05, 4.69) is 62.5 Å². The van der Waals surface area contributed by atoms with Gasteiger partial charge < -0.3 is 24.3 Å². The normalized spacial score (nSPS) is 12.2. The van der Waals surface area contributed by atoms with Crippen LogP contribution in [0.15, 0.2) is 85.5 Å². The van der Waals surface area contributed by atoms with E-state index < -0.39 is 8.30 Å². The number of fused-ring (bicyclic) bond motifs is 2. The van der Waals surface area contributed by atoms with Crippen molar-refractivity contribution in [1.29, 1.82) is 0 Å². The number of nitrogens with two attached hydrogens (primary N) is 1. The quantitative estimate of drug-likeness (QED) is 0.171. The van der Waals surface area contributed by atoms with Gasteiger partial charge in [-0.1, -0.05) is 60.7 Å². The highest BCUT2D eigenvalue weighted by atomic mass is 31.2. The summed E-state index contributed by atoms with van der Waals surface area (Å²) in [6.07, 6.45) is 3.57. The highest BCUT2D eigenvalue weighted by Crippen LogP contribution is 2.33. The van der Waals surface area contributed by atoms with Crippen molar-refractivity contribution in [2.45, 2.75) is 13.2 Å². The third-order valence-corrected chi connectivity index (χ3v) is 7.17. The zero-order valence-corrected chi connectivity index (χ0v) is 21.3. The summed E-state index contributed by atoms with van der Waals surface area (Å²) in [5.74, 6) is 1.17. The minimum absolute atomic E-state index is 0.372. The molecule has 3 aromatic carbocycles. The van der Waals surface area contributed by atoms with Crippen molar-refractivity contribution in [2.75, 3.05) is 31.8 Å². The molecule has 0 radical (unpaired) electrons. The number of benzene rings is 3. The minimum atomic E-state index is -1.07. The molecular weight excluding hydrogens is 487 g/mol. The molecule has 2 heterocycles. The second kappa shape index (κ2) is 12.6. The van der Waals surface area contributed by atoms with Crippen LogP contribution in [0.25, 0.3) is 21.9 Å². The van der Waals surface area contributed by atoms with Crippen molar-refractivity contribution >= 4 is 36.1 Å². The van der Waals surface area contributed by atoms with Crippen molar-refractivity contribution in [1.82, 2.24) is 24.6 Å². The largest absolute Gasteiger partial charge is 0.456 e. The van der Waals surface area contributed by atoms with E-state index in [9.17, 15) is 0 Å². The highest BCUT2D eigenvalue weighted by molar-refractivity contribution is 7.50. The Bertz CT molecular complexity index is 1430. The number of hydrogen-bond acceptors (Lipinski definition) is 8. The van der Waals surface area contributed by atoms with E-state index in [-0.39, 0.29) is 0 Å². The van der Waals surface area contributed by atoms with Crippen LogP contribution in [0.1, 0.15) is 5.56 Å². The first kappa shape index (κ1) is 25.0. The maximum absolute atomic E-state index is 6.18. The SMILES string of the molecule is Nc1ncnc2c1ncn2CCOCP(NCCOCc1cccc2ccccc12)Oc1ccccc1. The predicted molar refractivity (Wildman–Crippen MR) is 146 cm³/mol. The molecule has 37 heavy (non-hydrogen) atoms. The van der Waals surface area contributed by atoms with Gasteiger partial charge in [0.25, 0.3) is 0 Å². The van der Waals surface area contributed by atoms with Crippen LogP contribution >= 0.6 is 8.30 Å². The van der Waals surface area contributed by atoms with Crippen LogP contribution in [0.4, 0.5) is 5.82 Å². The zero-order valence-electron chi connectivity index (χ0n) is 20.4. The Morgan fingerprint density at radius 2 is 1.70 bits per heavy atom. The Morgan fingerprint density at radius 3 is 2.62 bits per heavy atom. The van der Waals surface area contributed by atoms with Crippen molar-refractivity contribution in [3.8, 4) is 5.75 Å². The summed E-state index contributed by atoms with van der Waals surface area (Å²) >= 11 is 0. The molecule has 0 aliphatic carbocycles. The first-order valence-corrected chi connectivity index (χ1v) is 13.5. The van der Waals surface area contributed by atoms with Crippen LogP contribution in [-0.2, 0) is 22.6 Å². The number of nitrogen functional groups attached to an aromatic ring is 1. The summed E-state index contributed by atoms with van der Waals surface area (Å²) in [7, 11) is -1.07. The van der Waals surface area contributed by atoms with E-state index in [0.29, 0.717) is 56.2 Å². The molecule has 10 heteroatoms. The van der Waals surface area contributed by atoms with Crippen molar-refractivity contribution in [3.05, 3.63) is 91.0 Å². The summed E-state index contributed by atoms with van der Waals surface area (Å²) in [6.45, 7) is 2.84. The maximum atomic E-state index is 6.18. The Labute approximate surface area is 216 Å². The molecule has 2 aromatic heterocycles. The van der Waals surface area contributed by atoms with Gasteiger partial charge in [0, 0.05) is 13.1 Å². The highest BCUT2D eigenvalue weighted by Gasteiger charge is 2.13. The van der Waals surface area contributed by atoms with E-state index in [1.807, 2.05) is 34.9 Å². The standard InChI is InChI=1S/C27H29N6O3P/c28-26-25-27(30-18-29-26)33(19-31-25)14-16-35-20-37(36-23-10-2-1-3-11-23)32-13-15-34-17-22-9-6-8-21-7-4-5-12-24(21)22/h1-12,18-19,32H,13-17,20H2,(H2,28,29,30). The van der Waals surface area contributed by atoms with Gasteiger partial charge in [-0.15, -0.1) is 0 Å². The number of anilines is 1. The summed E-state index contributed by atoms with van der Waals surface area (Å²) in [5, 5.41) is 5.90. The molecule has 0 amide bonds. The van der Waals surface area contributed by atoms with E-state index in [1.165, 1.54) is 22.7 Å². The van der Waals surface area contributed by atoms with E-state index in [1.54, 1.807) is 6.33 Å². The number of para-hydroxylation sites is 1. The summed E-state index contributed by atoms with van der Waals surface area (Å²) in [6, 6.07) is 24.4. The molecule has 9 nitrogen and oxygen atoms in total. The molecule has 3 N–H and O–H groups in total. The Morgan fingerprint density at radius 1 is 0.865 bits per heavy atom. The van der Waals surface area contributed by atoms with Gasteiger partial charge in [0.2, 0.25) is 0 Å². The van der Waals surface area contributed by atoms with Crippen LogP contribution in [0.5, 0.6) is 5.75 Å². The van der Waals surface area contributed by atoms with Gasteiger partial charge in [0.1, 0.15) is 23.9 Å². The third-order valence-electron chi connectivity index (χ3n) is 5.75. The van der Waals surface area contributed by atoms with Crippen LogP contribution in [0.3, 0.4) is 0 Å². The van der Waals surface area contributed by atoms with Crippen molar-refractivity contribution in [2.24, 2.45) is 0 Å². The van der Waals surface area contributed by atoms with E-state index in [0.717, 1.165) is 5.75 Å². The number of nitrogens with one attached hydrogen (secondary N) is 1. The van der Waals surface area contributed by atoms with Crippen LogP contribution in [0, 0.1) is 0 Å².